The molecule has 1 fully saturated rings. The Hall–Kier alpha value is -3.01. The Morgan fingerprint density at radius 1 is 0.938 bits per heavy atom. The van der Waals surface area contributed by atoms with Crippen LogP contribution in [0.2, 0.25) is 0 Å². The van der Waals surface area contributed by atoms with Gasteiger partial charge in [0.1, 0.15) is 0 Å². The highest BCUT2D eigenvalue weighted by Gasteiger charge is 2.31. The van der Waals surface area contributed by atoms with Gasteiger partial charge in [-0.05, 0) is 25.1 Å². The normalized spacial score (nSPS) is 15.2. The van der Waals surface area contributed by atoms with Crippen LogP contribution in [0.4, 0.5) is 5.69 Å². The molecule has 0 N–H and O–H groups in total. The molecule has 4 aromatic rings. The van der Waals surface area contributed by atoms with Gasteiger partial charge in [-0.1, -0.05) is 53.7 Å². The lowest BCUT2D eigenvalue weighted by Gasteiger charge is -2.35. The standard InChI is InChI=1S/C23H22N4O3S2/c1-17-21(16-20(31-17)23-24-22(25-30-23)18-8-4-2-5-9-18)32(28,29)27-14-12-26(13-15-27)19-10-6-3-7-11-19/h2-11,16H,12-15H2,1H3. The molecule has 32 heavy (non-hydrogen) atoms. The van der Waals surface area contributed by atoms with Gasteiger partial charge >= 0.3 is 0 Å². The largest absolute Gasteiger partial charge is 0.369 e. The SMILES string of the molecule is Cc1sc(-c2nc(-c3ccccc3)no2)cc1S(=O)(=O)N1CCN(c2ccccc2)CC1. The first-order valence-electron chi connectivity index (χ1n) is 10.3. The molecule has 0 unspecified atom stereocenters. The second-order valence-electron chi connectivity index (χ2n) is 7.55. The van der Waals surface area contributed by atoms with E-state index in [0.29, 0.717) is 52.5 Å². The summed E-state index contributed by atoms with van der Waals surface area (Å²) in [6, 6.07) is 21.3. The molecule has 3 heterocycles. The molecule has 0 spiro atoms. The molecule has 2 aromatic heterocycles. The van der Waals surface area contributed by atoms with E-state index in [1.165, 1.54) is 11.3 Å². The van der Waals surface area contributed by atoms with Crippen molar-refractivity contribution in [1.29, 1.82) is 0 Å². The number of anilines is 1. The predicted octanol–water partition coefficient (Wildman–Crippen LogP) is 4.28. The van der Waals surface area contributed by atoms with Gasteiger partial charge in [-0.3, -0.25) is 0 Å². The molecule has 0 radical (unpaired) electrons. The number of thiophene rings is 1. The molecular weight excluding hydrogens is 444 g/mol. The molecule has 0 amide bonds. The third-order valence-electron chi connectivity index (χ3n) is 5.52. The molecule has 1 saturated heterocycles. The van der Waals surface area contributed by atoms with E-state index in [0.717, 1.165) is 11.3 Å². The highest BCUT2D eigenvalue weighted by atomic mass is 32.2. The summed E-state index contributed by atoms with van der Waals surface area (Å²) < 4.78 is 33.7. The number of nitrogens with zero attached hydrogens (tertiary/aromatic N) is 4. The van der Waals surface area contributed by atoms with Crippen molar-refractivity contribution in [3.8, 4) is 22.2 Å². The van der Waals surface area contributed by atoms with Crippen molar-refractivity contribution >= 4 is 27.0 Å². The van der Waals surface area contributed by atoms with E-state index < -0.39 is 10.0 Å². The van der Waals surface area contributed by atoms with Crippen molar-refractivity contribution in [2.45, 2.75) is 11.8 Å². The zero-order chi connectivity index (χ0) is 22.1. The smallest absolute Gasteiger partial charge is 0.268 e. The Kier molecular flexibility index (Phi) is 5.54. The highest BCUT2D eigenvalue weighted by molar-refractivity contribution is 7.89. The summed E-state index contributed by atoms with van der Waals surface area (Å²) in [5, 5.41) is 4.05. The summed E-state index contributed by atoms with van der Waals surface area (Å²) in [4.78, 5) is 8.35. The summed E-state index contributed by atoms with van der Waals surface area (Å²) in [7, 11) is -3.60. The maximum Gasteiger partial charge on any atom is 0.268 e. The average molecular weight is 467 g/mol. The van der Waals surface area contributed by atoms with E-state index in [1.807, 2.05) is 67.6 Å². The Labute approximate surface area is 191 Å². The van der Waals surface area contributed by atoms with E-state index in [-0.39, 0.29) is 0 Å². The lowest BCUT2D eigenvalue weighted by Crippen LogP contribution is -2.48. The first-order chi connectivity index (χ1) is 15.5. The summed E-state index contributed by atoms with van der Waals surface area (Å²) in [6.07, 6.45) is 0. The quantitative estimate of drug-likeness (QED) is 0.437. The van der Waals surface area contributed by atoms with Gasteiger partial charge in [-0.25, -0.2) is 8.42 Å². The van der Waals surface area contributed by atoms with Gasteiger partial charge in [0.05, 0.1) is 9.77 Å². The molecule has 7 nitrogen and oxygen atoms in total. The van der Waals surface area contributed by atoms with Gasteiger partial charge in [0.15, 0.2) is 0 Å². The van der Waals surface area contributed by atoms with E-state index in [4.69, 9.17) is 4.52 Å². The minimum atomic E-state index is -3.60. The molecular formula is C23H22N4O3S2. The van der Waals surface area contributed by atoms with Crippen LogP contribution in [0.1, 0.15) is 4.88 Å². The number of benzene rings is 2. The van der Waals surface area contributed by atoms with Gasteiger partial charge in [-0.2, -0.15) is 9.29 Å². The van der Waals surface area contributed by atoms with Crippen molar-refractivity contribution in [3.05, 3.63) is 71.6 Å². The van der Waals surface area contributed by atoms with E-state index >= 15 is 0 Å². The van der Waals surface area contributed by atoms with E-state index in [1.54, 1.807) is 10.4 Å². The fourth-order valence-corrected chi connectivity index (χ4v) is 6.72. The fraction of sp³-hybridized carbons (Fsp3) is 0.217. The first kappa shape index (κ1) is 20.9. The molecule has 0 atom stereocenters. The number of aryl methyl sites for hydroxylation is 1. The average Bonchev–Trinajstić information content (AvgIpc) is 3.48. The Bertz CT molecular complexity index is 1310. The molecule has 2 aromatic carbocycles. The Morgan fingerprint density at radius 2 is 1.59 bits per heavy atom. The minimum Gasteiger partial charge on any atom is -0.369 e. The number of sulfonamides is 1. The molecule has 9 heteroatoms. The number of hydrogen-bond donors (Lipinski definition) is 0. The second-order valence-corrected chi connectivity index (χ2v) is 10.7. The van der Waals surface area contributed by atoms with Crippen molar-refractivity contribution in [2.75, 3.05) is 31.1 Å². The zero-order valence-corrected chi connectivity index (χ0v) is 19.1. The number of para-hydroxylation sites is 1. The van der Waals surface area contributed by atoms with Crippen LogP contribution in [0.15, 0.2) is 76.1 Å². The Balaban J connectivity index is 1.35. The third-order valence-corrected chi connectivity index (χ3v) is 8.71. The van der Waals surface area contributed by atoms with Crippen molar-refractivity contribution in [3.63, 3.8) is 0 Å². The summed E-state index contributed by atoms with van der Waals surface area (Å²) in [5.74, 6) is 0.806. The monoisotopic (exact) mass is 466 g/mol. The lowest BCUT2D eigenvalue weighted by molar-refractivity contribution is 0.385. The summed E-state index contributed by atoms with van der Waals surface area (Å²) in [6.45, 7) is 4.02. The Morgan fingerprint density at radius 3 is 2.28 bits per heavy atom. The molecule has 1 aliphatic rings. The summed E-state index contributed by atoms with van der Waals surface area (Å²) in [5.41, 5.74) is 1.96. The molecule has 0 aliphatic carbocycles. The van der Waals surface area contributed by atoms with Crippen LogP contribution in [0.5, 0.6) is 0 Å². The number of hydrogen-bond acceptors (Lipinski definition) is 7. The van der Waals surface area contributed by atoms with Crippen molar-refractivity contribution in [1.82, 2.24) is 14.4 Å². The van der Waals surface area contributed by atoms with Crippen molar-refractivity contribution in [2.24, 2.45) is 0 Å². The van der Waals surface area contributed by atoms with Crippen LogP contribution in [0.3, 0.4) is 0 Å². The van der Waals surface area contributed by atoms with Gasteiger partial charge < -0.3 is 9.42 Å². The molecule has 0 saturated carbocycles. The van der Waals surface area contributed by atoms with E-state index in [2.05, 4.69) is 15.0 Å². The van der Waals surface area contributed by atoms with Crippen LogP contribution in [-0.2, 0) is 10.0 Å². The molecule has 0 bridgehead atoms. The topological polar surface area (TPSA) is 79.5 Å². The van der Waals surface area contributed by atoms with Gasteiger partial charge in [0.25, 0.3) is 5.89 Å². The molecule has 1 aliphatic heterocycles. The van der Waals surface area contributed by atoms with Gasteiger partial charge in [0, 0.05) is 42.3 Å². The summed E-state index contributed by atoms with van der Waals surface area (Å²) >= 11 is 1.35. The maximum absolute atomic E-state index is 13.4. The maximum atomic E-state index is 13.4. The van der Waals surface area contributed by atoms with Gasteiger partial charge in [-0.15, -0.1) is 11.3 Å². The first-order valence-corrected chi connectivity index (χ1v) is 12.6. The zero-order valence-electron chi connectivity index (χ0n) is 17.5. The minimum absolute atomic E-state index is 0.310. The van der Waals surface area contributed by atoms with Crippen LogP contribution < -0.4 is 4.90 Å². The van der Waals surface area contributed by atoms with Crippen LogP contribution >= 0.6 is 11.3 Å². The molecule has 164 valence electrons. The predicted molar refractivity (Wildman–Crippen MR) is 125 cm³/mol. The van der Waals surface area contributed by atoms with Crippen LogP contribution in [-0.4, -0.2) is 49.0 Å². The van der Waals surface area contributed by atoms with Gasteiger partial charge in [0.2, 0.25) is 15.8 Å². The fourth-order valence-electron chi connectivity index (χ4n) is 3.82. The third kappa shape index (κ3) is 3.94. The van der Waals surface area contributed by atoms with Crippen molar-refractivity contribution < 1.29 is 12.9 Å². The molecule has 5 rings (SSSR count). The van der Waals surface area contributed by atoms with E-state index in [9.17, 15) is 8.42 Å². The van der Waals surface area contributed by atoms with Crippen LogP contribution in [0, 0.1) is 6.92 Å². The number of piperazine rings is 1. The number of rotatable bonds is 5. The highest BCUT2D eigenvalue weighted by Crippen LogP contribution is 2.35. The lowest BCUT2D eigenvalue weighted by atomic mass is 10.2. The second kappa shape index (κ2) is 8.50. The van der Waals surface area contributed by atoms with Crippen LogP contribution in [0.25, 0.3) is 22.2 Å². The number of aromatic nitrogens is 2.